The van der Waals surface area contributed by atoms with Crippen LogP contribution in [0, 0.1) is 0 Å². The van der Waals surface area contributed by atoms with E-state index in [0.29, 0.717) is 41.6 Å². The molecule has 8 nitrogen and oxygen atoms in total. The molecule has 0 saturated heterocycles. The summed E-state index contributed by atoms with van der Waals surface area (Å²) in [6.45, 7) is 4.36. The molecule has 1 amide bonds. The van der Waals surface area contributed by atoms with Crippen molar-refractivity contribution in [1.29, 1.82) is 0 Å². The standard InChI is InChI=1S/C22H28N2O6S/c1-6-24(7-2)31(26,27)18-12-10-17(11-13-18)23-20(25)15-9-16-8-14-19(28-3)22(30-5)21(16)29-4/h8-15H,6-7H2,1-5H3,(H,23,25)/b15-9+. The number of amides is 1. The molecule has 0 radical (unpaired) electrons. The van der Waals surface area contributed by atoms with Gasteiger partial charge >= 0.3 is 0 Å². The fourth-order valence-corrected chi connectivity index (χ4v) is 4.49. The first-order chi connectivity index (χ1) is 14.8. The molecular weight excluding hydrogens is 420 g/mol. The lowest BCUT2D eigenvalue weighted by atomic mass is 10.1. The Morgan fingerprint density at radius 2 is 1.55 bits per heavy atom. The fourth-order valence-electron chi connectivity index (χ4n) is 3.03. The molecule has 0 spiro atoms. The van der Waals surface area contributed by atoms with E-state index in [0.717, 1.165) is 0 Å². The number of nitrogens with zero attached hydrogens (tertiary/aromatic N) is 1. The molecular formula is C22H28N2O6S. The van der Waals surface area contributed by atoms with Crippen LogP contribution in [0.3, 0.4) is 0 Å². The fraction of sp³-hybridized carbons (Fsp3) is 0.318. The van der Waals surface area contributed by atoms with Gasteiger partial charge in [-0.25, -0.2) is 8.42 Å². The van der Waals surface area contributed by atoms with Crippen molar-refractivity contribution in [2.45, 2.75) is 18.7 Å². The van der Waals surface area contributed by atoms with E-state index < -0.39 is 10.0 Å². The van der Waals surface area contributed by atoms with Gasteiger partial charge in [0.2, 0.25) is 21.7 Å². The van der Waals surface area contributed by atoms with Gasteiger partial charge in [-0.3, -0.25) is 4.79 Å². The molecule has 0 aliphatic carbocycles. The molecule has 0 fully saturated rings. The highest BCUT2D eigenvalue weighted by Gasteiger charge is 2.21. The maximum Gasteiger partial charge on any atom is 0.248 e. The lowest BCUT2D eigenvalue weighted by molar-refractivity contribution is -0.111. The highest BCUT2D eigenvalue weighted by Crippen LogP contribution is 2.40. The summed E-state index contributed by atoms with van der Waals surface area (Å²) in [4.78, 5) is 12.5. The Morgan fingerprint density at radius 3 is 2.06 bits per heavy atom. The van der Waals surface area contributed by atoms with Crippen molar-refractivity contribution in [3.63, 3.8) is 0 Å². The quantitative estimate of drug-likeness (QED) is 0.560. The summed E-state index contributed by atoms with van der Waals surface area (Å²) in [6, 6.07) is 9.53. The van der Waals surface area contributed by atoms with Gasteiger partial charge < -0.3 is 19.5 Å². The minimum Gasteiger partial charge on any atom is -0.493 e. The summed E-state index contributed by atoms with van der Waals surface area (Å²) in [6.07, 6.45) is 2.94. The largest absolute Gasteiger partial charge is 0.493 e. The molecule has 0 unspecified atom stereocenters. The van der Waals surface area contributed by atoms with Crippen LogP contribution in [0.25, 0.3) is 6.08 Å². The van der Waals surface area contributed by atoms with E-state index in [9.17, 15) is 13.2 Å². The van der Waals surface area contributed by atoms with Crippen LogP contribution in [0.15, 0.2) is 47.4 Å². The average Bonchev–Trinajstić information content (AvgIpc) is 2.77. The molecule has 0 aliphatic heterocycles. The van der Waals surface area contributed by atoms with Gasteiger partial charge in [0.15, 0.2) is 11.5 Å². The highest BCUT2D eigenvalue weighted by molar-refractivity contribution is 7.89. The Labute approximate surface area is 183 Å². The third-order valence-corrected chi connectivity index (χ3v) is 6.68. The Hall–Kier alpha value is -3.04. The van der Waals surface area contributed by atoms with E-state index in [2.05, 4.69) is 5.32 Å². The maximum absolute atomic E-state index is 12.5. The van der Waals surface area contributed by atoms with Gasteiger partial charge in [-0.1, -0.05) is 13.8 Å². The monoisotopic (exact) mass is 448 g/mol. The van der Waals surface area contributed by atoms with Crippen LogP contribution in [-0.2, 0) is 14.8 Å². The number of anilines is 1. The normalized spacial score (nSPS) is 11.5. The Morgan fingerprint density at radius 1 is 0.935 bits per heavy atom. The van der Waals surface area contributed by atoms with Crippen molar-refractivity contribution >= 4 is 27.7 Å². The van der Waals surface area contributed by atoms with Crippen molar-refractivity contribution in [3.05, 3.63) is 48.0 Å². The first-order valence-corrected chi connectivity index (χ1v) is 11.1. The van der Waals surface area contributed by atoms with Crippen LogP contribution >= 0.6 is 0 Å². The summed E-state index contributed by atoms with van der Waals surface area (Å²) >= 11 is 0. The van der Waals surface area contributed by atoms with Crippen LogP contribution in [0.5, 0.6) is 17.2 Å². The van der Waals surface area contributed by atoms with Gasteiger partial charge in [0.1, 0.15) is 0 Å². The van der Waals surface area contributed by atoms with Crippen LogP contribution in [0.2, 0.25) is 0 Å². The lowest BCUT2D eigenvalue weighted by Gasteiger charge is -2.18. The second-order valence-corrected chi connectivity index (χ2v) is 8.30. The van der Waals surface area contributed by atoms with E-state index in [-0.39, 0.29) is 10.8 Å². The maximum atomic E-state index is 12.5. The van der Waals surface area contributed by atoms with Gasteiger partial charge in [-0.05, 0) is 42.5 Å². The van der Waals surface area contributed by atoms with Crippen LogP contribution in [0.1, 0.15) is 19.4 Å². The smallest absolute Gasteiger partial charge is 0.248 e. The van der Waals surface area contributed by atoms with Gasteiger partial charge in [-0.15, -0.1) is 0 Å². The molecule has 2 aromatic rings. The molecule has 0 atom stereocenters. The predicted molar refractivity (Wildman–Crippen MR) is 120 cm³/mol. The van der Waals surface area contributed by atoms with Crippen molar-refractivity contribution in [2.75, 3.05) is 39.7 Å². The summed E-state index contributed by atoms with van der Waals surface area (Å²) in [7, 11) is 0.992. The first kappa shape index (κ1) is 24.2. The second-order valence-electron chi connectivity index (χ2n) is 6.36. The van der Waals surface area contributed by atoms with Crippen LogP contribution < -0.4 is 19.5 Å². The Kier molecular flexibility index (Phi) is 8.47. The number of carbonyl (C=O) groups is 1. The molecule has 1 N–H and O–H groups in total. The zero-order valence-corrected chi connectivity index (χ0v) is 19.2. The number of rotatable bonds is 10. The molecule has 0 bridgehead atoms. The van der Waals surface area contributed by atoms with Crippen LogP contribution in [0.4, 0.5) is 5.69 Å². The van der Waals surface area contributed by atoms with E-state index in [1.807, 2.05) is 0 Å². The molecule has 2 rings (SSSR count). The third-order valence-electron chi connectivity index (χ3n) is 4.61. The predicted octanol–water partition coefficient (Wildman–Crippen LogP) is 3.39. The number of ether oxygens (including phenoxy) is 3. The minimum atomic E-state index is -3.54. The lowest BCUT2D eigenvalue weighted by Crippen LogP contribution is -2.30. The molecule has 9 heteroatoms. The molecule has 2 aromatic carbocycles. The van der Waals surface area contributed by atoms with Crippen molar-refractivity contribution < 1.29 is 27.4 Å². The second kappa shape index (κ2) is 10.8. The summed E-state index contributed by atoms with van der Waals surface area (Å²) in [5.41, 5.74) is 1.11. The minimum absolute atomic E-state index is 0.180. The molecule has 0 heterocycles. The van der Waals surface area contributed by atoms with Gasteiger partial charge in [-0.2, -0.15) is 4.31 Å². The molecule has 0 aromatic heterocycles. The highest BCUT2D eigenvalue weighted by atomic mass is 32.2. The van der Waals surface area contributed by atoms with Crippen molar-refractivity contribution in [1.82, 2.24) is 4.31 Å². The number of hydrogen-bond donors (Lipinski definition) is 1. The summed E-state index contributed by atoms with van der Waals surface area (Å²) in [5, 5.41) is 2.71. The van der Waals surface area contributed by atoms with E-state index in [1.54, 1.807) is 44.2 Å². The zero-order valence-electron chi connectivity index (χ0n) is 18.3. The van der Waals surface area contributed by atoms with E-state index in [4.69, 9.17) is 14.2 Å². The van der Waals surface area contributed by atoms with Crippen LogP contribution in [-0.4, -0.2) is 53.0 Å². The van der Waals surface area contributed by atoms with E-state index in [1.165, 1.54) is 43.8 Å². The number of sulfonamides is 1. The number of carbonyl (C=O) groups excluding carboxylic acids is 1. The molecule has 0 saturated carbocycles. The number of benzene rings is 2. The van der Waals surface area contributed by atoms with E-state index >= 15 is 0 Å². The summed E-state index contributed by atoms with van der Waals surface area (Å²) < 4.78 is 42.4. The first-order valence-electron chi connectivity index (χ1n) is 9.70. The van der Waals surface area contributed by atoms with Gasteiger partial charge in [0, 0.05) is 30.4 Å². The van der Waals surface area contributed by atoms with Crippen molar-refractivity contribution in [3.8, 4) is 17.2 Å². The number of hydrogen-bond acceptors (Lipinski definition) is 6. The van der Waals surface area contributed by atoms with Gasteiger partial charge in [0.05, 0.1) is 26.2 Å². The average molecular weight is 449 g/mol. The SMILES string of the molecule is CCN(CC)S(=O)(=O)c1ccc(NC(=O)/C=C/c2ccc(OC)c(OC)c2OC)cc1. The molecule has 0 aliphatic rings. The topological polar surface area (TPSA) is 94.2 Å². The number of nitrogens with one attached hydrogen (secondary N) is 1. The van der Waals surface area contributed by atoms with Crippen molar-refractivity contribution in [2.24, 2.45) is 0 Å². The zero-order chi connectivity index (χ0) is 23.0. The summed E-state index contributed by atoms with van der Waals surface area (Å²) in [5.74, 6) is 1.01. The molecule has 31 heavy (non-hydrogen) atoms. The third kappa shape index (κ3) is 5.56. The Bertz CT molecular complexity index is 1030. The van der Waals surface area contributed by atoms with Gasteiger partial charge in [0.25, 0.3) is 0 Å². The molecule has 168 valence electrons. The Balaban J connectivity index is 2.16. The number of methoxy groups -OCH3 is 3.